The Labute approximate surface area is 140 Å². The van der Waals surface area contributed by atoms with Crippen LogP contribution in [0.25, 0.3) is 16.9 Å². The highest BCUT2D eigenvalue weighted by atomic mass is 16.1. The Kier molecular flexibility index (Phi) is 3.99. The normalized spacial score (nSPS) is 15.5. The molecule has 2 aromatic heterocycles. The molecule has 0 spiro atoms. The summed E-state index contributed by atoms with van der Waals surface area (Å²) in [6.45, 7) is 0. The summed E-state index contributed by atoms with van der Waals surface area (Å²) < 4.78 is 1.74. The zero-order chi connectivity index (χ0) is 16.4. The van der Waals surface area contributed by atoms with Crippen molar-refractivity contribution >= 4 is 11.6 Å². The molecule has 1 amide bonds. The Bertz CT molecular complexity index is 850. The molecule has 4 rings (SSSR count). The minimum atomic E-state index is -0.0744. The molecule has 122 valence electrons. The van der Waals surface area contributed by atoms with Gasteiger partial charge in [0, 0.05) is 17.8 Å². The standard InChI is InChI=1S/C19H20N4O/c24-19(22-15-9-5-2-6-10-15)16-13-21-23-17(11-12-20-18(16)23)14-7-3-1-4-8-14/h1,3-4,7-8,11-13,15H,2,5-6,9-10H2,(H,22,24). The van der Waals surface area contributed by atoms with Crippen LogP contribution >= 0.6 is 0 Å². The van der Waals surface area contributed by atoms with E-state index in [0.717, 1.165) is 24.1 Å². The van der Waals surface area contributed by atoms with Gasteiger partial charge in [-0.2, -0.15) is 5.10 Å². The van der Waals surface area contributed by atoms with Crippen molar-refractivity contribution < 1.29 is 4.79 Å². The topological polar surface area (TPSA) is 59.3 Å². The van der Waals surface area contributed by atoms with Crippen LogP contribution in [0.4, 0.5) is 0 Å². The van der Waals surface area contributed by atoms with E-state index in [4.69, 9.17) is 0 Å². The second kappa shape index (κ2) is 6.43. The summed E-state index contributed by atoms with van der Waals surface area (Å²) in [5.74, 6) is -0.0744. The number of nitrogens with one attached hydrogen (secondary N) is 1. The molecule has 0 unspecified atom stereocenters. The molecule has 0 saturated heterocycles. The fraction of sp³-hybridized carbons (Fsp3) is 0.316. The van der Waals surface area contributed by atoms with Crippen LogP contribution in [0.3, 0.4) is 0 Å². The van der Waals surface area contributed by atoms with Crippen molar-refractivity contribution in [2.75, 3.05) is 0 Å². The molecule has 2 heterocycles. The summed E-state index contributed by atoms with van der Waals surface area (Å²) in [7, 11) is 0. The molecule has 5 heteroatoms. The lowest BCUT2D eigenvalue weighted by atomic mass is 9.95. The number of fused-ring (bicyclic) bond motifs is 1. The Morgan fingerprint density at radius 3 is 2.67 bits per heavy atom. The van der Waals surface area contributed by atoms with Crippen molar-refractivity contribution in [3.05, 3.63) is 54.4 Å². The molecule has 1 aliphatic carbocycles. The van der Waals surface area contributed by atoms with Crippen LogP contribution in [-0.2, 0) is 0 Å². The predicted octanol–water partition coefficient (Wildman–Crippen LogP) is 3.46. The van der Waals surface area contributed by atoms with E-state index in [1.807, 2.05) is 36.4 Å². The first-order chi connectivity index (χ1) is 11.8. The molecule has 0 aliphatic heterocycles. The van der Waals surface area contributed by atoms with Crippen molar-refractivity contribution in [1.82, 2.24) is 19.9 Å². The lowest BCUT2D eigenvalue weighted by Gasteiger charge is -2.22. The maximum absolute atomic E-state index is 12.6. The number of amides is 1. The highest BCUT2D eigenvalue weighted by molar-refractivity contribution is 6.00. The Morgan fingerprint density at radius 1 is 1.08 bits per heavy atom. The van der Waals surface area contributed by atoms with Crippen LogP contribution in [0.5, 0.6) is 0 Å². The van der Waals surface area contributed by atoms with Crippen molar-refractivity contribution in [2.24, 2.45) is 0 Å². The van der Waals surface area contributed by atoms with Gasteiger partial charge < -0.3 is 5.32 Å². The summed E-state index contributed by atoms with van der Waals surface area (Å²) in [4.78, 5) is 17.0. The van der Waals surface area contributed by atoms with E-state index in [2.05, 4.69) is 15.4 Å². The average Bonchev–Trinajstić information content (AvgIpc) is 3.07. The summed E-state index contributed by atoms with van der Waals surface area (Å²) in [6.07, 6.45) is 9.13. The number of hydrogen-bond donors (Lipinski definition) is 1. The Morgan fingerprint density at radius 2 is 1.88 bits per heavy atom. The van der Waals surface area contributed by atoms with Crippen LogP contribution in [0.15, 0.2) is 48.8 Å². The highest BCUT2D eigenvalue weighted by Gasteiger charge is 2.20. The van der Waals surface area contributed by atoms with Gasteiger partial charge in [0.25, 0.3) is 5.91 Å². The second-order valence-corrected chi connectivity index (χ2v) is 6.30. The van der Waals surface area contributed by atoms with Crippen molar-refractivity contribution in [2.45, 2.75) is 38.1 Å². The number of rotatable bonds is 3. The first kappa shape index (κ1) is 14.9. The van der Waals surface area contributed by atoms with Crippen LogP contribution in [0.2, 0.25) is 0 Å². The van der Waals surface area contributed by atoms with E-state index in [1.165, 1.54) is 19.3 Å². The molecule has 0 radical (unpaired) electrons. The Hall–Kier alpha value is -2.69. The molecular weight excluding hydrogens is 300 g/mol. The van der Waals surface area contributed by atoms with Crippen molar-refractivity contribution in [3.8, 4) is 11.3 Å². The number of carbonyl (C=O) groups is 1. The molecule has 1 aromatic carbocycles. The van der Waals surface area contributed by atoms with E-state index < -0.39 is 0 Å². The molecule has 0 bridgehead atoms. The number of nitrogens with zero attached hydrogens (tertiary/aromatic N) is 3. The molecule has 24 heavy (non-hydrogen) atoms. The van der Waals surface area contributed by atoms with E-state index in [0.29, 0.717) is 11.2 Å². The van der Waals surface area contributed by atoms with E-state index in [1.54, 1.807) is 16.9 Å². The molecule has 5 nitrogen and oxygen atoms in total. The predicted molar refractivity (Wildman–Crippen MR) is 92.8 cm³/mol. The van der Waals surface area contributed by atoms with Crippen LogP contribution in [0, 0.1) is 0 Å². The van der Waals surface area contributed by atoms with Gasteiger partial charge in [0.2, 0.25) is 0 Å². The van der Waals surface area contributed by atoms with Crippen molar-refractivity contribution in [1.29, 1.82) is 0 Å². The minimum absolute atomic E-state index is 0.0744. The van der Waals surface area contributed by atoms with Gasteiger partial charge in [-0.25, -0.2) is 9.50 Å². The number of hydrogen-bond acceptors (Lipinski definition) is 3. The quantitative estimate of drug-likeness (QED) is 0.804. The SMILES string of the molecule is O=C(NC1CCCCC1)c1cnn2c(-c3ccccc3)ccnc12. The van der Waals surface area contributed by atoms with Crippen LogP contribution in [0.1, 0.15) is 42.5 Å². The maximum atomic E-state index is 12.6. The van der Waals surface area contributed by atoms with E-state index >= 15 is 0 Å². The summed E-state index contributed by atoms with van der Waals surface area (Å²) >= 11 is 0. The first-order valence-electron chi connectivity index (χ1n) is 8.52. The highest BCUT2D eigenvalue weighted by Crippen LogP contribution is 2.22. The fourth-order valence-electron chi connectivity index (χ4n) is 3.39. The van der Waals surface area contributed by atoms with E-state index in [9.17, 15) is 4.79 Å². The average molecular weight is 320 g/mol. The van der Waals surface area contributed by atoms with Gasteiger partial charge >= 0.3 is 0 Å². The molecule has 1 N–H and O–H groups in total. The minimum Gasteiger partial charge on any atom is -0.349 e. The van der Waals surface area contributed by atoms with Gasteiger partial charge in [-0.05, 0) is 18.9 Å². The zero-order valence-electron chi connectivity index (χ0n) is 13.5. The summed E-state index contributed by atoms with van der Waals surface area (Å²) in [5.41, 5.74) is 3.12. The zero-order valence-corrected chi connectivity index (χ0v) is 13.5. The van der Waals surface area contributed by atoms with Crippen LogP contribution < -0.4 is 5.32 Å². The molecule has 1 saturated carbocycles. The second-order valence-electron chi connectivity index (χ2n) is 6.30. The maximum Gasteiger partial charge on any atom is 0.256 e. The third-order valence-electron chi connectivity index (χ3n) is 4.66. The molecule has 1 aliphatic rings. The van der Waals surface area contributed by atoms with Gasteiger partial charge in [-0.1, -0.05) is 49.6 Å². The third kappa shape index (κ3) is 2.77. The molecular formula is C19H20N4O. The van der Waals surface area contributed by atoms with Gasteiger partial charge in [-0.15, -0.1) is 0 Å². The van der Waals surface area contributed by atoms with Crippen molar-refractivity contribution in [3.63, 3.8) is 0 Å². The first-order valence-corrected chi connectivity index (χ1v) is 8.52. The van der Waals surface area contributed by atoms with Gasteiger partial charge in [0.1, 0.15) is 5.56 Å². The lowest BCUT2D eigenvalue weighted by Crippen LogP contribution is -2.36. The smallest absolute Gasteiger partial charge is 0.256 e. The Balaban J connectivity index is 1.66. The van der Waals surface area contributed by atoms with E-state index in [-0.39, 0.29) is 11.9 Å². The van der Waals surface area contributed by atoms with Gasteiger partial charge in [0.15, 0.2) is 5.65 Å². The van der Waals surface area contributed by atoms with Crippen LogP contribution in [-0.4, -0.2) is 26.5 Å². The third-order valence-corrected chi connectivity index (χ3v) is 4.66. The number of aromatic nitrogens is 3. The summed E-state index contributed by atoms with van der Waals surface area (Å²) in [5, 5.41) is 7.54. The molecule has 3 aromatic rings. The number of carbonyl (C=O) groups excluding carboxylic acids is 1. The monoisotopic (exact) mass is 320 g/mol. The lowest BCUT2D eigenvalue weighted by molar-refractivity contribution is 0.0929. The van der Waals surface area contributed by atoms with Gasteiger partial charge in [0.05, 0.1) is 11.9 Å². The summed E-state index contributed by atoms with van der Waals surface area (Å²) in [6, 6.07) is 12.2. The van der Waals surface area contributed by atoms with Gasteiger partial charge in [-0.3, -0.25) is 4.79 Å². The largest absolute Gasteiger partial charge is 0.349 e. The number of benzene rings is 1. The molecule has 0 atom stereocenters. The molecule has 1 fully saturated rings. The fourth-order valence-corrected chi connectivity index (χ4v) is 3.39.